The molecule has 0 bridgehead atoms. The molecule has 0 atom stereocenters. The van der Waals surface area contributed by atoms with Gasteiger partial charge in [0.25, 0.3) is 0 Å². The monoisotopic (exact) mass is 263 g/mol. The third-order valence-electron chi connectivity index (χ3n) is 2.32. The van der Waals surface area contributed by atoms with Crippen molar-refractivity contribution in [1.82, 2.24) is 9.97 Å². The third kappa shape index (κ3) is 3.27. The molecule has 2 rings (SSSR count). The van der Waals surface area contributed by atoms with Gasteiger partial charge in [-0.1, -0.05) is 0 Å². The van der Waals surface area contributed by atoms with Gasteiger partial charge >= 0.3 is 5.97 Å². The van der Waals surface area contributed by atoms with Crippen molar-refractivity contribution in [3.05, 3.63) is 40.0 Å². The number of nitrogens with one attached hydrogen (secondary N) is 1. The molecule has 6 heteroatoms. The SMILES string of the molecule is Cc1csc(CCNc2cc(C(=O)O)ccn2)n1. The van der Waals surface area contributed by atoms with Crippen molar-refractivity contribution in [3.63, 3.8) is 0 Å². The number of aromatic nitrogens is 2. The van der Waals surface area contributed by atoms with Crippen LogP contribution in [0.4, 0.5) is 5.82 Å². The normalized spacial score (nSPS) is 10.3. The Balaban J connectivity index is 1.90. The standard InChI is InChI=1S/C12H13N3O2S/c1-8-7-18-11(15-8)3-5-14-10-6-9(12(16)17)2-4-13-10/h2,4,6-7H,3,5H2,1H3,(H,13,14)(H,16,17). The summed E-state index contributed by atoms with van der Waals surface area (Å²) >= 11 is 1.63. The lowest BCUT2D eigenvalue weighted by molar-refractivity contribution is 0.0697. The summed E-state index contributed by atoms with van der Waals surface area (Å²) < 4.78 is 0. The van der Waals surface area contributed by atoms with Gasteiger partial charge < -0.3 is 10.4 Å². The van der Waals surface area contributed by atoms with E-state index < -0.39 is 5.97 Å². The van der Waals surface area contributed by atoms with Crippen LogP contribution in [0.5, 0.6) is 0 Å². The second-order valence-electron chi connectivity index (χ2n) is 3.79. The van der Waals surface area contributed by atoms with Crippen molar-refractivity contribution >= 4 is 23.1 Å². The van der Waals surface area contributed by atoms with E-state index in [2.05, 4.69) is 15.3 Å². The number of hydrogen-bond donors (Lipinski definition) is 2. The average molecular weight is 263 g/mol. The van der Waals surface area contributed by atoms with Gasteiger partial charge in [-0.2, -0.15) is 0 Å². The maximum Gasteiger partial charge on any atom is 0.335 e. The minimum absolute atomic E-state index is 0.234. The molecule has 0 fully saturated rings. The zero-order valence-corrected chi connectivity index (χ0v) is 10.7. The Morgan fingerprint density at radius 1 is 1.56 bits per heavy atom. The number of nitrogens with zero attached hydrogens (tertiary/aromatic N) is 2. The van der Waals surface area contributed by atoms with Crippen molar-refractivity contribution in [2.45, 2.75) is 13.3 Å². The molecular weight excluding hydrogens is 250 g/mol. The number of carboxylic acid groups (broad SMARTS) is 1. The van der Waals surface area contributed by atoms with Gasteiger partial charge in [-0.15, -0.1) is 11.3 Å². The second kappa shape index (κ2) is 5.59. The van der Waals surface area contributed by atoms with Crippen LogP contribution in [-0.2, 0) is 6.42 Å². The molecule has 2 aromatic rings. The van der Waals surface area contributed by atoms with Crippen LogP contribution in [-0.4, -0.2) is 27.6 Å². The zero-order chi connectivity index (χ0) is 13.0. The number of thiazole rings is 1. The van der Waals surface area contributed by atoms with Gasteiger partial charge in [-0.25, -0.2) is 14.8 Å². The first kappa shape index (κ1) is 12.5. The van der Waals surface area contributed by atoms with E-state index in [9.17, 15) is 4.79 Å². The number of rotatable bonds is 5. The molecule has 5 nitrogen and oxygen atoms in total. The van der Waals surface area contributed by atoms with E-state index in [1.807, 2.05) is 12.3 Å². The van der Waals surface area contributed by atoms with Crippen molar-refractivity contribution in [3.8, 4) is 0 Å². The highest BCUT2D eigenvalue weighted by molar-refractivity contribution is 7.09. The molecule has 94 valence electrons. The minimum atomic E-state index is -0.948. The van der Waals surface area contributed by atoms with Crippen LogP contribution in [0, 0.1) is 6.92 Å². The lowest BCUT2D eigenvalue weighted by atomic mass is 10.2. The lowest BCUT2D eigenvalue weighted by Crippen LogP contribution is -2.07. The van der Waals surface area contributed by atoms with E-state index in [0.29, 0.717) is 12.4 Å². The fraction of sp³-hybridized carbons (Fsp3) is 0.250. The Labute approximate surface area is 109 Å². The fourth-order valence-electron chi connectivity index (χ4n) is 1.48. The molecule has 2 aromatic heterocycles. The minimum Gasteiger partial charge on any atom is -0.478 e. The Bertz CT molecular complexity index is 554. The smallest absolute Gasteiger partial charge is 0.335 e. The lowest BCUT2D eigenvalue weighted by Gasteiger charge is -2.04. The van der Waals surface area contributed by atoms with Crippen molar-refractivity contribution in [2.75, 3.05) is 11.9 Å². The summed E-state index contributed by atoms with van der Waals surface area (Å²) in [6.07, 6.45) is 2.29. The molecule has 0 aliphatic carbocycles. The number of hydrogen-bond acceptors (Lipinski definition) is 5. The molecule has 0 saturated carbocycles. The molecule has 2 heterocycles. The molecule has 0 saturated heterocycles. The maximum atomic E-state index is 10.8. The van der Waals surface area contributed by atoms with Gasteiger partial charge in [0.1, 0.15) is 5.82 Å². The number of carboxylic acids is 1. The van der Waals surface area contributed by atoms with E-state index in [-0.39, 0.29) is 5.56 Å². The molecule has 18 heavy (non-hydrogen) atoms. The Morgan fingerprint density at radius 2 is 2.39 bits per heavy atom. The summed E-state index contributed by atoms with van der Waals surface area (Å²) in [5, 5.41) is 15.0. The van der Waals surface area contributed by atoms with Gasteiger partial charge in [-0.05, 0) is 19.1 Å². The Hall–Kier alpha value is -1.95. The van der Waals surface area contributed by atoms with Gasteiger partial charge in [0.05, 0.1) is 10.6 Å². The number of carbonyl (C=O) groups is 1. The number of aryl methyl sites for hydroxylation is 1. The molecule has 0 spiro atoms. The van der Waals surface area contributed by atoms with Crippen LogP contribution in [0.1, 0.15) is 21.1 Å². The van der Waals surface area contributed by atoms with E-state index in [4.69, 9.17) is 5.11 Å². The summed E-state index contributed by atoms with van der Waals surface area (Å²) in [5.74, 6) is -0.376. The maximum absolute atomic E-state index is 10.8. The van der Waals surface area contributed by atoms with Gasteiger partial charge in [-0.3, -0.25) is 0 Å². The summed E-state index contributed by atoms with van der Waals surface area (Å²) in [4.78, 5) is 19.2. The highest BCUT2D eigenvalue weighted by atomic mass is 32.1. The Kier molecular flexibility index (Phi) is 3.88. The summed E-state index contributed by atoms with van der Waals surface area (Å²) in [7, 11) is 0. The van der Waals surface area contributed by atoms with Crippen LogP contribution in [0.2, 0.25) is 0 Å². The predicted octanol–water partition coefficient (Wildman–Crippen LogP) is 2.20. The van der Waals surface area contributed by atoms with Gasteiger partial charge in [0, 0.05) is 30.2 Å². The molecule has 0 radical (unpaired) electrons. The first-order chi connectivity index (χ1) is 8.65. The molecule has 2 N–H and O–H groups in total. The predicted molar refractivity (Wildman–Crippen MR) is 70.2 cm³/mol. The van der Waals surface area contributed by atoms with E-state index in [0.717, 1.165) is 17.1 Å². The van der Waals surface area contributed by atoms with Crippen LogP contribution in [0.3, 0.4) is 0 Å². The molecular formula is C12H13N3O2S. The van der Waals surface area contributed by atoms with Gasteiger partial charge in [0.15, 0.2) is 0 Å². The highest BCUT2D eigenvalue weighted by Crippen LogP contribution is 2.10. The topological polar surface area (TPSA) is 75.1 Å². The summed E-state index contributed by atoms with van der Waals surface area (Å²) in [6, 6.07) is 2.99. The third-order valence-corrected chi connectivity index (χ3v) is 3.34. The summed E-state index contributed by atoms with van der Waals surface area (Å²) in [6.45, 7) is 2.65. The number of aromatic carboxylic acids is 1. The molecule has 0 unspecified atom stereocenters. The first-order valence-corrected chi connectivity index (χ1v) is 6.37. The van der Waals surface area contributed by atoms with Crippen LogP contribution in [0.25, 0.3) is 0 Å². The number of anilines is 1. The van der Waals surface area contributed by atoms with Crippen molar-refractivity contribution < 1.29 is 9.90 Å². The average Bonchev–Trinajstić information content (AvgIpc) is 2.75. The van der Waals surface area contributed by atoms with Gasteiger partial charge in [0.2, 0.25) is 0 Å². The number of pyridine rings is 1. The fourth-order valence-corrected chi connectivity index (χ4v) is 2.25. The Morgan fingerprint density at radius 3 is 3.06 bits per heavy atom. The van der Waals surface area contributed by atoms with E-state index in [1.54, 1.807) is 11.3 Å². The zero-order valence-electron chi connectivity index (χ0n) is 9.88. The van der Waals surface area contributed by atoms with Crippen molar-refractivity contribution in [1.29, 1.82) is 0 Å². The van der Waals surface area contributed by atoms with E-state index in [1.165, 1.54) is 18.3 Å². The molecule has 0 aromatic carbocycles. The summed E-state index contributed by atoms with van der Waals surface area (Å²) in [5.41, 5.74) is 1.26. The largest absolute Gasteiger partial charge is 0.478 e. The molecule has 0 aliphatic rings. The molecule has 0 aliphatic heterocycles. The van der Waals surface area contributed by atoms with Crippen LogP contribution in [0.15, 0.2) is 23.7 Å². The van der Waals surface area contributed by atoms with E-state index >= 15 is 0 Å². The highest BCUT2D eigenvalue weighted by Gasteiger charge is 2.04. The quantitative estimate of drug-likeness (QED) is 0.865. The van der Waals surface area contributed by atoms with Crippen LogP contribution < -0.4 is 5.32 Å². The van der Waals surface area contributed by atoms with Crippen molar-refractivity contribution in [2.24, 2.45) is 0 Å². The molecule has 0 amide bonds. The first-order valence-electron chi connectivity index (χ1n) is 5.49. The second-order valence-corrected chi connectivity index (χ2v) is 4.74. The van der Waals surface area contributed by atoms with Crippen LogP contribution >= 0.6 is 11.3 Å².